The lowest BCUT2D eigenvalue weighted by Gasteiger charge is -2.37. The summed E-state index contributed by atoms with van der Waals surface area (Å²) in [5.41, 5.74) is 6.75. The second kappa shape index (κ2) is 11.8. The van der Waals surface area contributed by atoms with Crippen LogP contribution in [0.3, 0.4) is 0 Å². The monoisotopic (exact) mass is 522 g/mol. The molecule has 0 atom stereocenters. The maximum absolute atomic E-state index is 14.4. The van der Waals surface area contributed by atoms with Crippen LogP contribution >= 0.6 is 0 Å². The molecule has 0 aromatic carbocycles. The number of pyridine rings is 2. The van der Waals surface area contributed by atoms with Gasteiger partial charge in [0.15, 0.2) is 5.82 Å². The zero-order valence-corrected chi connectivity index (χ0v) is 20.3. The number of anilines is 1. The number of nitrogens with two attached hydrogens (primary N) is 1. The lowest BCUT2D eigenvalue weighted by atomic mass is 9.88. The van der Waals surface area contributed by atoms with Gasteiger partial charge in [0.05, 0.1) is 0 Å². The molecular formula is C25H30F4N6O2. The van der Waals surface area contributed by atoms with Crippen molar-refractivity contribution in [1.29, 1.82) is 0 Å². The molecular weight excluding hydrogens is 492 g/mol. The predicted octanol–water partition coefficient (Wildman–Crippen LogP) is 3.63. The van der Waals surface area contributed by atoms with Gasteiger partial charge in [0.1, 0.15) is 17.2 Å². The summed E-state index contributed by atoms with van der Waals surface area (Å²) in [6.07, 6.45) is 0.829. The van der Waals surface area contributed by atoms with Gasteiger partial charge in [-0.05, 0) is 68.6 Å². The third-order valence-electron chi connectivity index (χ3n) is 6.77. The number of oxime groups is 1. The van der Waals surface area contributed by atoms with E-state index in [-0.39, 0.29) is 29.1 Å². The highest BCUT2D eigenvalue weighted by Crippen LogP contribution is 2.27. The second-order valence-electron chi connectivity index (χ2n) is 9.44. The number of halogens is 4. The van der Waals surface area contributed by atoms with Crippen LogP contribution in [0.5, 0.6) is 0 Å². The van der Waals surface area contributed by atoms with Gasteiger partial charge in [0.25, 0.3) is 0 Å². The summed E-state index contributed by atoms with van der Waals surface area (Å²) in [4.78, 5) is 29.8. The predicted molar refractivity (Wildman–Crippen MR) is 129 cm³/mol. The molecule has 2 N–H and O–H groups in total. The average molecular weight is 523 g/mol. The van der Waals surface area contributed by atoms with E-state index in [4.69, 9.17) is 5.73 Å². The van der Waals surface area contributed by atoms with Crippen LogP contribution in [0, 0.1) is 17.7 Å². The molecule has 2 aliphatic rings. The maximum Gasteiger partial charge on any atom is 0.425 e. The fraction of sp³-hybridized carbons (Fsp3) is 0.520. The topological polar surface area (TPSA) is 96.9 Å². The first-order valence-corrected chi connectivity index (χ1v) is 12.3. The molecule has 0 unspecified atom stereocenters. The molecule has 2 aromatic rings. The number of alkyl halides is 3. The zero-order chi connectivity index (χ0) is 26.4. The molecule has 0 bridgehead atoms. The molecule has 200 valence electrons. The number of amides is 1. The number of likely N-dealkylation sites (tertiary alicyclic amines) is 2. The zero-order valence-electron chi connectivity index (χ0n) is 20.3. The summed E-state index contributed by atoms with van der Waals surface area (Å²) in [7, 11) is 0. The van der Waals surface area contributed by atoms with Crippen LogP contribution < -0.4 is 5.73 Å². The lowest BCUT2D eigenvalue weighted by Crippen LogP contribution is -2.46. The normalized spacial score (nSPS) is 18.7. The van der Waals surface area contributed by atoms with Crippen molar-refractivity contribution in [3.63, 3.8) is 0 Å². The van der Waals surface area contributed by atoms with Gasteiger partial charge in [-0.3, -0.25) is 14.7 Å². The summed E-state index contributed by atoms with van der Waals surface area (Å²) >= 11 is 0. The molecule has 0 spiro atoms. The Morgan fingerprint density at radius 3 is 2.41 bits per heavy atom. The van der Waals surface area contributed by atoms with Gasteiger partial charge >= 0.3 is 6.18 Å². The Hall–Kier alpha value is -3.28. The Labute approximate surface area is 212 Å². The van der Waals surface area contributed by atoms with E-state index in [0.717, 1.165) is 38.0 Å². The van der Waals surface area contributed by atoms with Crippen LogP contribution in [0.2, 0.25) is 0 Å². The summed E-state index contributed by atoms with van der Waals surface area (Å²) in [5.74, 6) is -0.571. The highest BCUT2D eigenvalue weighted by Gasteiger charge is 2.34. The van der Waals surface area contributed by atoms with Gasteiger partial charge in [-0.1, -0.05) is 5.16 Å². The molecule has 0 saturated carbocycles. The maximum atomic E-state index is 14.4. The Balaban J connectivity index is 1.32. The van der Waals surface area contributed by atoms with Crippen molar-refractivity contribution in [2.45, 2.75) is 38.4 Å². The Morgan fingerprint density at radius 1 is 1.05 bits per heavy atom. The van der Waals surface area contributed by atoms with Crippen molar-refractivity contribution < 1.29 is 27.2 Å². The summed E-state index contributed by atoms with van der Waals surface area (Å²) < 4.78 is 52.1. The smallest absolute Gasteiger partial charge is 0.386 e. The number of hydrogen-bond donors (Lipinski definition) is 1. The lowest BCUT2D eigenvalue weighted by molar-refractivity contribution is -0.173. The summed E-state index contributed by atoms with van der Waals surface area (Å²) in [5, 5.41) is 3.65. The molecule has 2 aliphatic heterocycles. The molecule has 37 heavy (non-hydrogen) atoms. The van der Waals surface area contributed by atoms with Crippen molar-refractivity contribution >= 4 is 17.4 Å². The third-order valence-corrected chi connectivity index (χ3v) is 6.77. The molecule has 12 heteroatoms. The van der Waals surface area contributed by atoms with E-state index in [1.54, 1.807) is 11.1 Å². The Kier molecular flexibility index (Phi) is 8.57. The first-order valence-electron chi connectivity index (χ1n) is 12.3. The van der Waals surface area contributed by atoms with Crippen molar-refractivity contribution in [3.05, 3.63) is 53.7 Å². The largest absolute Gasteiger partial charge is 0.425 e. The van der Waals surface area contributed by atoms with E-state index >= 15 is 0 Å². The highest BCUT2D eigenvalue weighted by atomic mass is 19.4. The van der Waals surface area contributed by atoms with Crippen LogP contribution in [0.1, 0.15) is 36.9 Å². The Morgan fingerprint density at radius 2 is 1.76 bits per heavy atom. The molecule has 2 aromatic heterocycles. The van der Waals surface area contributed by atoms with E-state index in [1.807, 2.05) is 12.1 Å². The summed E-state index contributed by atoms with van der Waals surface area (Å²) in [6, 6.07) is 6.35. The number of nitrogens with zero attached hydrogens (tertiary/aromatic N) is 5. The number of rotatable bonds is 7. The van der Waals surface area contributed by atoms with Crippen molar-refractivity contribution in [2.24, 2.45) is 17.0 Å². The standard InChI is InChI=1S/C25H30F4N6O2/c26-20-2-1-8-32-23(20)22(33-37-16-25(27,28)29)18-6-12-35(13-7-18)24(36)19-4-10-34(11-5-19)15-17-3-9-31-21(30)14-17/h1-3,8-9,14,18-19H,4-7,10-13,15-16H2,(H2,30,31)/b33-22+. The van der Waals surface area contributed by atoms with Gasteiger partial charge in [-0.15, -0.1) is 0 Å². The number of carbonyl (C=O) groups is 1. The molecule has 8 nitrogen and oxygen atoms in total. The molecule has 2 saturated heterocycles. The first-order chi connectivity index (χ1) is 17.7. The second-order valence-corrected chi connectivity index (χ2v) is 9.44. The third kappa shape index (κ3) is 7.37. The SMILES string of the molecule is Nc1cc(CN2CCC(C(=O)N3CCC(/C(=N\OCC(F)(F)F)c4ncccc4F)CC3)CC2)ccn1. The van der Waals surface area contributed by atoms with Crippen LogP contribution in [0.15, 0.2) is 41.8 Å². The number of aromatic nitrogens is 2. The van der Waals surface area contributed by atoms with Gasteiger partial charge in [0, 0.05) is 43.9 Å². The first kappa shape index (κ1) is 26.8. The van der Waals surface area contributed by atoms with Gasteiger partial charge in [0.2, 0.25) is 12.5 Å². The van der Waals surface area contributed by atoms with Crippen molar-refractivity contribution in [3.8, 4) is 0 Å². The number of nitrogen functional groups attached to an aromatic ring is 1. The summed E-state index contributed by atoms with van der Waals surface area (Å²) in [6.45, 7) is 1.58. The highest BCUT2D eigenvalue weighted by molar-refractivity contribution is 6.00. The van der Waals surface area contributed by atoms with E-state index in [1.165, 1.54) is 18.3 Å². The fourth-order valence-corrected chi connectivity index (χ4v) is 4.88. The van der Waals surface area contributed by atoms with Gasteiger partial charge < -0.3 is 15.5 Å². The minimum Gasteiger partial charge on any atom is -0.386 e. The van der Waals surface area contributed by atoms with E-state index < -0.39 is 18.6 Å². The van der Waals surface area contributed by atoms with Crippen LogP contribution in [-0.4, -0.2) is 70.3 Å². The van der Waals surface area contributed by atoms with Crippen LogP contribution in [0.4, 0.5) is 23.4 Å². The fourth-order valence-electron chi connectivity index (χ4n) is 4.88. The van der Waals surface area contributed by atoms with Gasteiger partial charge in [-0.25, -0.2) is 9.37 Å². The molecule has 0 aliphatic carbocycles. The number of hydrogen-bond acceptors (Lipinski definition) is 7. The molecule has 2 fully saturated rings. The minimum atomic E-state index is -4.56. The number of carbonyl (C=O) groups excluding carboxylic acids is 1. The molecule has 4 heterocycles. The Bertz CT molecular complexity index is 1100. The van der Waals surface area contributed by atoms with Crippen LogP contribution in [-0.2, 0) is 16.2 Å². The average Bonchev–Trinajstić information content (AvgIpc) is 2.87. The van der Waals surface area contributed by atoms with E-state index in [2.05, 4.69) is 24.9 Å². The molecule has 4 rings (SSSR count). The molecule has 1 amide bonds. The minimum absolute atomic E-state index is 0.0412. The van der Waals surface area contributed by atoms with E-state index in [9.17, 15) is 22.4 Å². The number of piperidine rings is 2. The molecule has 0 radical (unpaired) electrons. The quantitative estimate of drug-likeness (QED) is 0.339. The van der Waals surface area contributed by atoms with E-state index in [0.29, 0.717) is 31.7 Å². The van der Waals surface area contributed by atoms with Gasteiger partial charge in [-0.2, -0.15) is 13.2 Å². The van der Waals surface area contributed by atoms with Crippen molar-refractivity contribution in [1.82, 2.24) is 19.8 Å². The van der Waals surface area contributed by atoms with Crippen molar-refractivity contribution in [2.75, 3.05) is 38.5 Å². The van der Waals surface area contributed by atoms with Crippen LogP contribution in [0.25, 0.3) is 0 Å².